The van der Waals surface area contributed by atoms with Crippen LogP contribution in [0.25, 0.3) is 0 Å². The molecule has 0 bridgehead atoms. The average Bonchev–Trinajstić information content (AvgIpc) is 3.39. The molecule has 2 N–H and O–H groups in total. The lowest BCUT2D eigenvalue weighted by molar-refractivity contribution is -0.141. The highest BCUT2D eigenvalue weighted by Crippen LogP contribution is 2.28. The van der Waals surface area contributed by atoms with E-state index in [0.29, 0.717) is 13.1 Å². The molecule has 1 atom stereocenters. The van der Waals surface area contributed by atoms with E-state index in [0.717, 1.165) is 47.3 Å². The molecule has 2 heterocycles. The maximum absolute atomic E-state index is 13.8. The molecule has 0 spiro atoms. The van der Waals surface area contributed by atoms with Gasteiger partial charge >= 0.3 is 0 Å². The van der Waals surface area contributed by atoms with Gasteiger partial charge in [0, 0.05) is 29.9 Å². The summed E-state index contributed by atoms with van der Waals surface area (Å²) in [6, 6.07) is 15.2. The van der Waals surface area contributed by atoms with Crippen molar-refractivity contribution in [1.29, 1.82) is 0 Å². The SMILES string of the molecule is Cc1ccccc1C(C(=O)NC1CCCCC1)N(Cc1cccs1)C(=O)CNCc1ccncc1. The van der Waals surface area contributed by atoms with E-state index in [9.17, 15) is 9.59 Å². The summed E-state index contributed by atoms with van der Waals surface area (Å²) in [5.41, 5.74) is 2.94. The van der Waals surface area contributed by atoms with Crippen molar-refractivity contribution in [2.75, 3.05) is 6.54 Å². The number of nitrogens with zero attached hydrogens (tertiary/aromatic N) is 2. The van der Waals surface area contributed by atoms with Gasteiger partial charge in [-0.2, -0.15) is 0 Å². The first-order valence-electron chi connectivity index (χ1n) is 12.4. The Hall–Kier alpha value is -3.03. The Balaban J connectivity index is 1.58. The van der Waals surface area contributed by atoms with E-state index in [-0.39, 0.29) is 24.4 Å². The summed E-state index contributed by atoms with van der Waals surface area (Å²) >= 11 is 1.60. The maximum Gasteiger partial charge on any atom is 0.247 e. The number of aromatic nitrogens is 1. The van der Waals surface area contributed by atoms with Gasteiger partial charge in [-0.25, -0.2) is 0 Å². The number of rotatable bonds is 10. The number of pyridine rings is 1. The molecule has 1 fully saturated rings. The molecule has 0 aliphatic heterocycles. The van der Waals surface area contributed by atoms with Crippen molar-refractivity contribution in [3.63, 3.8) is 0 Å². The van der Waals surface area contributed by atoms with Crippen LogP contribution in [0, 0.1) is 6.92 Å². The number of aryl methyl sites for hydroxylation is 1. The third-order valence-electron chi connectivity index (χ3n) is 6.58. The minimum Gasteiger partial charge on any atom is -0.351 e. The molecule has 6 nitrogen and oxygen atoms in total. The Morgan fingerprint density at radius 3 is 2.54 bits per heavy atom. The molecular weight excluding hydrogens is 456 g/mol. The van der Waals surface area contributed by atoms with E-state index in [1.165, 1.54) is 6.42 Å². The van der Waals surface area contributed by atoms with Crippen LogP contribution in [0.15, 0.2) is 66.3 Å². The minimum absolute atomic E-state index is 0.0924. The Labute approximate surface area is 211 Å². The largest absolute Gasteiger partial charge is 0.351 e. The number of carbonyl (C=O) groups excluding carboxylic acids is 2. The zero-order valence-electron chi connectivity index (χ0n) is 20.3. The quantitative estimate of drug-likeness (QED) is 0.430. The maximum atomic E-state index is 13.8. The van der Waals surface area contributed by atoms with Crippen LogP contribution in [0.5, 0.6) is 0 Å². The van der Waals surface area contributed by atoms with Crippen molar-refractivity contribution >= 4 is 23.2 Å². The first-order valence-corrected chi connectivity index (χ1v) is 13.3. The molecule has 2 amide bonds. The summed E-state index contributed by atoms with van der Waals surface area (Å²) < 4.78 is 0. The van der Waals surface area contributed by atoms with Gasteiger partial charge in [0.25, 0.3) is 0 Å². The van der Waals surface area contributed by atoms with Gasteiger partial charge in [-0.05, 0) is 60.0 Å². The van der Waals surface area contributed by atoms with Crippen LogP contribution < -0.4 is 10.6 Å². The summed E-state index contributed by atoms with van der Waals surface area (Å²) in [6.45, 7) is 3.10. The summed E-state index contributed by atoms with van der Waals surface area (Å²) in [6.07, 6.45) is 8.97. The summed E-state index contributed by atoms with van der Waals surface area (Å²) in [4.78, 5) is 34.3. The summed E-state index contributed by atoms with van der Waals surface area (Å²) in [5, 5.41) is 8.54. The second kappa shape index (κ2) is 12.6. The topological polar surface area (TPSA) is 74.3 Å². The van der Waals surface area contributed by atoms with Crippen LogP contribution in [-0.2, 0) is 22.7 Å². The number of thiophene rings is 1. The third-order valence-corrected chi connectivity index (χ3v) is 7.44. The highest BCUT2D eigenvalue weighted by Gasteiger charge is 2.33. The van der Waals surface area contributed by atoms with Crippen molar-refractivity contribution in [3.05, 3.63) is 87.9 Å². The molecule has 4 rings (SSSR count). The molecule has 0 radical (unpaired) electrons. The normalized spacial score (nSPS) is 14.9. The predicted octanol–water partition coefficient (Wildman–Crippen LogP) is 4.76. The average molecular weight is 491 g/mol. The van der Waals surface area contributed by atoms with Crippen LogP contribution in [0.2, 0.25) is 0 Å². The fourth-order valence-corrected chi connectivity index (χ4v) is 5.38. The lowest BCUT2D eigenvalue weighted by atomic mass is 9.94. The zero-order valence-corrected chi connectivity index (χ0v) is 21.1. The number of nitrogens with one attached hydrogen (secondary N) is 2. The minimum atomic E-state index is -0.685. The number of hydrogen-bond acceptors (Lipinski definition) is 5. The van der Waals surface area contributed by atoms with Crippen LogP contribution in [-0.4, -0.2) is 34.3 Å². The lowest BCUT2D eigenvalue weighted by Gasteiger charge is -2.34. The Morgan fingerprint density at radius 1 is 1.06 bits per heavy atom. The Kier molecular flexibility index (Phi) is 9.03. The highest BCUT2D eigenvalue weighted by molar-refractivity contribution is 7.09. The molecule has 2 aromatic heterocycles. The number of amides is 2. The molecule has 1 unspecified atom stereocenters. The van der Waals surface area contributed by atoms with E-state index < -0.39 is 6.04 Å². The van der Waals surface area contributed by atoms with Crippen molar-refractivity contribution in [3.8, 4) is 0 Å². The van der Waals surface area contributed by atoms with E-state index in [1.807, 2.05) is 60.8 Å². The van der Waals surface area contributed by atoms with Crippen LogP contribution >= 0.6 is 11.3 Å². The van der Waals surface area contributed by atoms with Crippen molar-refractivity contribution < 1.29 is 9.59 Å². The molecule has 7 heteroatoms. The number of carbonyl (C=O) groups is 2. The molecule has 35 heavy (non-hydrogen) atoms. The van der Waals surface area contributed by atoms with Gasteiger partial charge in [0.15, 0.2) is 0 Å². The molecule has 184 valence electrons. The Morgan fingerprint density at radius 2 is 1.83 bits per heavy atom. The molecular formula is C28H34N4O2S. The van der Waals surface area contributed by atoms with Gasteiger partial charge in [-0.3, -0.25) is 14.6 Å². The van der Waals surface area contributed by atoms with Crippen molar-refractivity contribution in [2.24, 2.45) is 0 Å². The van der Waals surface area contributed by atoms with Crippen LogP contribution in [0.1, 0.15) is 59.7 Å². The molecule has 3 aromatic rings. The molecule has 1 aliphatic rings. The van der Waals surface area contributed by atoms with Crippen LogP contribution in [0.3, 0.4) is 0 Å². The standard InChI is InChI=1S/C28H34N4O2S/c1-21-8-5-6-12-25(21)27(28(34)31-23-9-3-2-4-10-23)32(20-24-11-7-17-35-24)26(33)19-30-18-22-13-15-29-16-14-22/h5-8,11-17,23,27,30H,2-4,9-10,18-20H2,1H3,(H,31,34). The van der Waals surface area contributed by atoms with E-state index in [1.54, 1.807) is 28.6 Å². The number of hydrogen-bond donors (Lipinski definition) is 2. The Bertz CT molecular complexity index is 1080. The summed E-state index contributed by atoms with van der Waals surface area (Å²) in [5.74, 6) is -0.190. The van der Waals surface area contributed by atoms with E-state index >= 15 is 0 Å². The fourth-order valence-electron chi connectivity index (χ4n) is 4.68. The van der Waals surface area contributed by atoms with Crippen LogP contribution in [0.4, 0.5) is 0 Å². The molecule has 0 saturated heterocycles. The monoisotopic (exact) mass is 490 g/mol. The second-order valence-corrected chi connectivity index (χ2v) is 10.2. The molecule has 1 saturated carbocycles. The van der Waals surface area contributed by atoms with Gasteiger partial charge in [0.1, 0.15) is 6.04 Å². The van der Waals surface area contributed by atoms with E-state index in [2.05, 4.69) is 15.6 Å². The van der Waals surface area contributed by atoms with E-state index in [4.69, 9.17) is 0 Å². The third kappa shape index (κ3) is 6.99. The molecule has 1 aromatic carbocycles. The first-order chi connectivity index (χ1) is 17.1. The highest BCUT2D eigenvalue weighted by atomic mass is 32.1. The fraction of sp³-hybridized carbons (Fsp3) is 0.393. The second-order valence-electron chi connectivity index (χ2n) is 9.16. The van der Waals surface area contributed by atoms with Crippen molar-refractivity contribution in [2.45, 2.75) is 64.2 Å². The van der Waals surface area contributed by atoms with Gasteiger partial charge in [-0.15, -0.1) is 11.3 Å². The van der Waals surface area contributed by atoms with Crippen molar-refractivity contribution in [1.82, 2.24) is 20.5 Å². The van der Waals surface area contributed by atoms with Gasteiger partial charge < -0.3 is 15.5 Å². The van der Waals surface area contributed by atoms with Gasteiger partial charge in [0.05, 0.1) is 13.1 Å². The van der Waals surface area contributed by atoms with Gasteiger partial charge in [-0.1, -0.05) is 49.6 Å². The smallest absolute Gasteiger partial charge is 0.247 e. The summed E-state index contributed by atoms with van der Waals surface area (Å²) in [7, 11) is 0. The number of benzene rings is 1. The first kappa shape index (κ1) is 25.1. The van der Waals surface area contributed by atoms with Gasteiger partial charge in [0.2, 0.25) is 11.8 Å². The predicted molar refractivity (Wildman–Crippen MR) is 140 cm³/mol. The lowest BCUT2D eigenvalue weighted by Crippen LogP contribution is -2.48. The molecule has 1 aliphatic carbocycles. The zero-order chi connectivity index (χ0) is 24.5.